The topological polar surface area (TPSA) is 78.9 Å². The molecule has 0 radical (unpaired) electrons. The molecule has 1 atom stereocenters. The summed E-state index contributed by atoms with van der Waals surface area (Å²) in [5, 5.41) is 0. The highest BCUT2D eigenvalue weighted by molar-refractivity contribution is 5.71. The van der Waals surface area contributed by atoms with E-state index in [0.29, 0.717) is 19.3 Å². The van der Waals surface area contributed by atoms with E-state index >= 15 is 0 Å². The van der Waals surface area contributed by atoms with Crippen molar-refractivity contribution < 1.29 is 28.6 Å². The average molecular weight is 875 g/mol. The number of unbranched alkanes of at least 4 members (excludes halogenated alkanes) is 18. The van der Waals surface area contributed by atoms with Gasteiger partial charge in [0, 0.05) is 19.3 Å². The van der Waals surface area contributed by atoms with Crippen LogP contribution in [0.2, 0.25) is 0 Å². The zero-order valence-electron chi connectivity index (χ0n) is 40.8. The normalized spacial score (nSPS) is 12.9. The van der Waals surface area contributed by atoms with Gasteiger partial charge in [-0.15, -0.1) is 0 Å². The van der Waals surface area contributed by atoms with Crippen LogP contribution in [0.3, 0.4) is 0 Å². The lowest BCUT2D eigenvalue weighted by molar-refractivity contribution is -0.167. The summed E-state index contributed by atoms with van der Waals surface area (Å²) in [5.74, 6) is -0.968. The molecule has 0 aromatic carbocycles. The molecule has 0 aliphatic carbocycles. The van der Waals surface area contributed by atoms with Crippen molar-refractivity contribution in [2.24, 2.45) is 0 Å². The van der Waals surface area contributed by atoms with Crippen LogP contribution in [0.1, 0.15) is 226 Å². The first kappa shape index (κ1) is 59.3. The highest BCUT2D eigenvalue weighted by atomic mass is 16.6. The quantitative estimate of drug-likeness (QED) is 0.0262. The standard InChI is InChI=1S/C57H94O6/c1-4-7-10-13-16-19-22-25-26-27-28-29-30-31-32-33-36-38-41-44-47-50-56(59)62-53-54(63-57(60)51-48-45-42-39-35-24-21-18-15-12-9-6-3)52-61-55(58)49-46-43-40-37-34-23-20-17-14-11-8-5-2/h7,10,16-21,25-26,28-29,31-32,36,38,54H,4-6,8-9,11-15,22-24,27,30,33-35,37,39-53H2,1-3H3/b10-7-,19-16-,20-17-,21-18-,26-25-,29-28-,32-31-,38-36-. The molecule has 0 aromatic rings. The van der Waals surface area contributed by atoms with Gasteiger partial charge in [0.1, 0.15) is 13.2 Å². The maximum Gasteiger partial charge on any atom is 0.306 e. The Hall–Kier alpha value is -3.67. The van der Waals surface area contributed by atoms with E-state index in [0.717, 1.165) is 122 Å². The van der Waals surface area contributed by atoms with Crippen LogP contribution in [-0.2, 0) is 28.6 Å². The van der Waals surface area contributed by atoms with E-state index in [2.05, 4.69) is 118 Å². The second-order valence-electron chi connectivity index (χ2n) is 16.7. The van der Waals surface area contributed by atoms with E-state index < -0.39 is 6.10 Å². The second-order valence-corrected chi connectivity index (χ2v) is 16.7. The van der Waals surface area contributed by atoms with Crippen molar-refractivity contribution in [3.05, 3.63) is 97.2 Å². The third kappa shape index (κ3) is 49.2. The molecular formula is C57H94O6. The Balaban J connectivity index is 4.45. The second kappa shape index (κ2) is 51.0. The van der Waals surface area contributed by atoms with Crippen molar-refractivity contribution in [2.75, 3.05) is 13.2 Å². The summed E-state index contributed by atoms with van der Waals surface area (Å²) in [6.45, 7) is 6.41. The lowest BCUT2D eigenvalue weighted by atomic mass is 10.1. The molecule has 0 N–H and O–H groups in total. The van der Waals surface area contributed by atoms with Gasteiger partial charge >= 0.3 is 17.9 Å². The highest BCUT2D eigenvalue weighted by Gasteiger charge is 2.19. The molecule has 0 rings (SSSR count). The SMILES string of the molecule is CC/C=C\C/C=C\C/C=C\C/C=C\C/C=C\C/C=C\CCCCC(=O)OCC(COC(=O)CCCCCCC/C=C\CCCCC)OC(=O)CCCCCCC/C=C\CCCCC. The fourth-order valence-electron chi connectivity index (χ4n) is 6.67. The molecule has 0 aromatic heterocycles. The molecule has 6 heteroatoms. The van der Waals surface area contributed by atoms with Crippen LogP contribution in [0, 0.1) is 0 Å². The predicted molar refractivity (Wildman–Crippen MR) is 270 cm³/mol. The van der Waals surface area contributed by atoms with Gasteiger partial charge in [0.05, 0.1) is 0 Å². The Bertz CT molecular complexity index is 1280. The zero-order valence-corrected chi connectivity index (χ0v) is 40.8. The molecule has 0 fully saturated rings. The maximum absolute atomic E-state index is 12.8. The Morgan fingerprint density at radius 1 is 0.333 bits per heavy atom. The number of allylic oxidation sites excluding steroid dienone is 16. The number of hydrogen-bond donors (Lipinski definition) is 0. The van der Waals surface area contributed by atoms with E-state index in [9.17, 15) is 14.4 Å². The van der Waals surface area contributed by atoms with Crippen molar-refractivity contribution in [1.82, 2.24) is 0 Å². The van der Waals surface area contributed by atoms with Crippen LogP contribution in [0.5, 0.6) is 0 Å². The molecule has 63 heavy (non-hydrogen) atoms. The van der Waals surface area contributed by atoms with Crippen molar-refractivity contribution in [1.29, 1.82) is 0 Å². The van der Waals surface area contributed by atoms with Crippen LogP contribution in [0.15, 0.2) is 97.2 Å². The largest absolute Gasteiger partial charge is 0.462 e. The molecule has 0 heterocycles. The fourth-order valence-corrected chi connectivity index (χ4v) is 6.67. The van der Waals surface area contributed by atoms with Crippen LogP contribution >= 0.6 is 0 Å². The maximum atomic E-state index is 12.8. The van der Waals surface area contributed by atoms with Crippen LogP contribution < -0.4 is 0 Å². The van der Waals surface area contributed by atoms with Gasteiger partial charge in [-0.3, -0.25) is 14.4 Å². The van der Waals surface area contributed by atoms with Crippen molar-refractivity contribution in [2.45, 2.75) is 232 Å². The Morgan fingerprint density at radius 2 is 0.619 bits per heavy atom. The first-order valence-corrected chi connectivity index (χ1v) is 25.7. The fraction of sp³-hybridized carbons (Fsp3) is 0.667. The summed E-state index contributed by atoms with van der Waals surface area (Å²) in [4.78, 5) is 37.9. The minimum absolute atomic E-state index is 0.100. The van der Waals surface area contributed by atoms with Crippen molar-refractivity contribution >= 4 is 17.9 Å². The summed E-state index contributed by atoms with van der Waals surface area (Å²) in [7, 11) is 0. The van der Waals surface area contributed by atoms with Crippen LogP contribution in [-0.4, -0.2) is 37.2 Å². The molecule has 1 unspecified atom stereocenters. The van der Waals surface area contributed by atoms with Crippen molar-refractivity contribution in [3.8, 4) is 0 Å². The van der Waals surface area contributed by atoms with E-state index in [-0.39, 0.29) is 31.1 Å². The number of rotatable bonds is 45. The first-order valence-electron chi connectivity index (χ1n) is 25.7. The molecule has 0 saturated heterocycles. The molecule has 0 aliphatic rings. The summed E-state index contributed by atoms with van der Waals surface area (Å²) in [5.41, 5.74) is 0. The first-order chi connectivity index (χ1) is 31.0. The Labute approximate surface area is 387 Å². The van der Waals surface area contributed by atoms with E-state index in [1.54, 1.807) is 0 Å². The number of esters is 3. The van der Waals surface area contributed by atoms with Gasteiger partial charge in [-0.2, -0.15) is 0 Å². The van der Waals surface area contributed by atoms with Gasteiger partial charge in [0.25, 0.3) is 0 Å². The third-order valence-corrected chi connectivity index (χ3v) is 10.5. The summed E-state index contributed by atoms with van der Waals surface area (Å²) < 4.78 is 16.7. The summed E-state index contributed by atoms with van der Waals surface area (Å²) in [6.07, 6.45) is 66.8. The summed E-state index contributed by atoms with van der Waals surface area (Å²) in [6, 6.07) is 0. The van der Waals surface area contributed by atoms with Gasteiger partial charge in [-0.25, -0.2) is 0 Å². The Kier molecular flexibility index (Phi) is 48.0. The monoisotopic (exact) mass is 875 g/mol. The number of carbonyl (C=O) groups is 3. The average Bonchev–Trinajstić information content (AvgIpc) is 3.28. The third-order valence-electron chi connectivity index (χ3n) is 10.5. The van der Waals surface area contributed by atoms with Gasteiger partial charge in [0.2, 0.25) is 0 Å². The van der Waals surface area contributed by atoms with E-state index in [4.69, 9.17) is 14.2 Å². The molecule has 0 saturated carbocycles. The lowest BCUT2D eigenvalue weighted by Crippen LogP contribution is -2.30. The van der Waals surface area contributed by atoms with Crippen LogP contribution in [0.25, 0.3) is 0 Å². The van der Waals surface area contributed by atoms with Crippen molar-refractivity contribution in [3.63, 3.8) is 0 Å². The van der Waals surface area contributed by atoms with Crippen LogP contribution in [0.4, 0.5) is 0 Å². The number of carbonyl (C=O) groups excluding carboxylic acids is 3. The molecule has 0 aliphatic heterocycles. The van der Waals surface area contributed by atoms with E-state index in [1.165, 1.54) is 64.2 Å². The van der Waals surface area contributed by atoms with Gasteiger partial charge in [-0.1, -0.05) is 182 Å². The summed E-state index contributed by atoms with van der Waals surface area (Å²) >= 11 is 0. The molecule has 6 nitrogen and oxygen atoms in total. The molecule has 358 valence electrons. The smallest absolute Gasteiger partial charge is 0.306 e. The zero-order chi connectivity index (χ0) is 45.8. The number of hydrogen-bond acceptors (Lipinski definition) is 6. The van der Waals surface area contributed by atoms with Gasteiger partial charge in [-0.05, 0) is 122 Å². The lowest BCUT2D eigenvalue weighted by Gasteiger charge is -2.18. The minimum atomic E-state index is -0.802. The van der Waals surface area contributed by atoms with Gasteiger partial charge in [0.15, 0.2) is 6.10 Å². The number of ether oxygens (including phenoxy) is 3. The predicted octanol–water partition coefficient (Wildman–Crippen LogP) is 17.0. The molecule has 0 amide bonds. The molecule has 0 spiro atoms. The Morgan fingerprint density at radius 3 is 1.02 bits per heavy atom. The minimum Gasteiger partial charge on any atom is -0.462 e. The van der Waals surface area contributed by atoms with E-state index in [1.807, 2.05) is 0 Å². The molecular weight excluding hydrogens is 781 g/mol. The van der Waals surface area contributed by atoms with Gasteiger partial charge < -0.3 is 14.2 Å². The highest BCUT2D eigenvalue weighted by Crippen LogP contribution is 2.13. The molecule has 0 bridgehead atoms.